The van der Waals surface area contributed by atoms with Crippen molar-refractivity contribution in [3.05, 3.63) is 107 Å². The molecule has 0 spiro atoms. The molecule has 35 heavy (non-hydrogen) atoms. The minimum Gasteiger partial charge on any atom is -0.489 e. The molecule has 0 aliphatic rings. The first-order valence-corrected chi connectivity index (χ1v) is 11.3. The third-order valence-electron chi connectivity index (χ3n) is 5.84. The summed E-state index contributed by atoms with van der Waals surface area (Å²) in [7, 11) is 0. The van der Waals surface area contributed by atoms with Crippen molar-refractivity contribution < 1.29 is 14.3 Å². The number of carbonyl (C=O) groups excluding carboxylic acids is 2. The van der Waals surface area contributed by atoms with E-state index in [-0.39, 0.29) is 0 Å². The molecule has 2 amide bonds. The van der Waals surface area contributed by atoms with Gasteiger partial charge in [0.05, 0.1) is 5.71 Å². The molecule has 2 N–H and O–H groups in total. The van der Waals surface area contributed by atoms with Gasteiger partial charge in [0, 0.05) is 5.69 Å². The van der Waals surface area contributed by atoms with Gasteiger partial charge in [-0.1, -0.05) is 48.5 Å². The molecule has 0 radical (unpaired) electrons. The number of benzene rings is 4. The molecular weight excluding hydrogens is 438 g/mol. The van der Waals surface area contributed by atoms with E-state index in [1.165, 1.54) is 10.8 Å². The number of nitrogens with one attached hydrogen (secondary N) is 2. The Morgan fingerprint density at radius 2 is 1.57 bits per heavy atom. The molecule has 0 heterocycles. The molecule has 6 nitrogen and oxygen atoms in total. The molecule has 0 saturated carbocycles. The van der Waals surface area contributed by atoms with Crippen LogP contribution < -0.4 is 15.5 Å². The van der Waals surface area contributed by atoms with Gasteiger partial charge in [-0.3, -0.25) is 9.59 Å². The highest BCUT2D eigenvalue weighted by atomic mass is 16.5. The Balaban J connectivity index is 1.33. The van der Waals surface area contributed by atoms with E-state index >= 15 is 0 Å². The third-order valence-corrected chi connectivity index (χ3v) is 5.84. The maximum Gasteiger partial charge on any atom is 0.329 e. The summed E-state index contributed by atoms with van der Waals surface area (Å²) in [6.45, 7) is 6.14. The maximum absolute atomic E-state index is 12.2. The first-order chi connectivity index (χ1) is 16.9. The fourth-order valence-electron chi connectivity index (χ4n) is 3.63. The van der Waals surface area contributed by atoms with E-state index in [1.54, 1.807) is 13.0 Å². The number of hydrogen-bond donors (Lipinski definition) is 2. The zero-order chi connectivity index (χ0) is 24.8. The summed E-state index contributed by atoms with van der Waals surface area (Å²) in [5, 5.41) is 9.00. The minimum absolute atomic E-state index is 0.458. The summed E-state index contributed by atoms with van der Waals surface area (Å²) < 4.78 is 5.97. The first kappa shape index (κ1) is 23.7. The number of rotatable bonds is 6. The number of ether oxygens (including phenoxy) is 1. The number of amides is 2. The van der Waals surface area contributed by atoms with Crippen LogP contribution >= 0.6 is 0 Å². The predicted octanol–water partition coefficient (Wildman–Crippen LogP) is 5.51. The standard InChI is InChI=1S/C29H27N3O3/c1-19-11-14-25(17-20(19)2)30-28(33)29(34)32-31-21(3)22-12-15-26(16-13-22)35-18-24-9-6-8-23-7-4-5-10-27(23)24/h4-17H,18H2,1-3H3,(H,30,33)(H,32,34). The molecule has 4 aromatic rings. The fraction of sp³-hybridized carbons (Fsp3) is 0.138. The number of carbonyl (C=O) groups is 2. The fourth-order valence-corrected chi connectivity index (χ4v) is 3.63. The van der Waals surface area contributed by atoms with Crippen LogP contribution in [0.25, 0.3) is 10.8 Å². The molecular formula is C29H27N3O3. The number of fused-ring (bicyclic) bond motifs is 1. The van der Waals surface area contributed by atoms with Crippen LogP contribution in [-0.2, 0) is 16.2 Å². The van der Waals surface area contributed by atoms with Gasteiger partial charge >= 0.3 is 11.8 Å². The molecule has 0 fully saturated rings. The van der Waals surface area contributed by atoms with Gasteiger partial charge in [-0.05, 0) is 90.2 Å². The van der Waals surface area contributed by atoms with Crippen molar-refractivity contribution in [1.29, 1.82) is 0 Å². The van der Waals surface area contributed by atoms with Crippen LogP contribution in [0.2, 0.25) is 0 Å². The summed E-state index contributed by atoms with van der Waals surface area (Å²) in [4.78, 5) is 24.3. The summed E-state index contributed by atoms with van der Waals surface area (Å²) in [5.41, 5.74) is 7.50. The summed E-state index contributed by atoms with van der Waals surface area (Å²) in [6.07, 6.45) is 0. The quantitative estimate of drug-likeness (QED) is 0.224. The second kappa shape index (κ2) is 10.7. The Morgan fingerprint density at radius 1 is 0.829 bits per heavy atom. The normalized spacial score (nSPS) is 11.2. The van der Waals surface area contributed by atoms with E-state index in [0.29, 0.717) is 18.0 Å². The molecule has 6 heteroatoms. The van der Waals surface area contributed by atoms with E-state index < -0.39 is 11.8 Å². The zero-order valence-electron chi connectivity index (χ0n) is 20.0. The molecule has 0 bridgehead atoms. The molecule has 0 atom stereocenters. The second-order valence-corrected chi connectivity index (χ2v) is 8.34. The van der Waals surface area contributed by atoms with Gasteiger partial charge < -0.3 is 10.1 Å². The van der Waals surface area contributed by atoms with Crippen LogP contribution in [-0.4, -0.2) is 17.5 Å². The monoisotopic (exact) mass is 465 g/mol. The molecule has 176 valence electrons. The van der Waals surface area contributed by atoms with E-state index in [4.69, 9.17) is 4.74 Å². The molecule has 0 aromatic heterocycles. The Hall–Kier alpha value is -4.45. The number of aryl methyl sites for hydroxylation is 2. The molecule has 0 aliphatic carbocycles. The second-order valence-electron chi connectivity index (χ2n) is 8.34. The summed E-state index contributed by atoms with van der Waals surface area (Å²) >= 11 is 0. The van der Waals surface area contributed by atoms with Gasteiger partial charge in [0.25, 0.3) is 0 Å². The average Bonchev–Trinajstić information content (AvgIpc) is 2.88. The number of hydrazone groups is 1. The highest BCUT2D eigenvalue weighted by Crippen LogP contribution is 2.21. The number of anilines is 1. The lowest BCUT2D eigenvalue weighted by Crippen LogP contribution is -2.33. The molecule has 0 saturated heterocycles. The smallest absolute Gasteiger partial charge is 0.329 e. The van der Waals surface area contributed by atoms with Crippen LogP contribution in [0.5, 0.6) is 5.75 Å². The van der Waals surface area contributed by atoms with Gasteiger partial charge in [-0.25, -0.2) is 5.43 Å². The lowest BCUT2D eigenvalue weighted by molar-refractivity contribution is -0.136. The van der Waals surface area contributed by atoms with Crippen molar-refractivity contribution in [2.75, 3.05) is 5.32 Å². The van der Waals surface area contributed by atoms with Crippen molar-refractivity contribution >= 4 is 34.0 Å². The van der Waals surface area contributed by atoms with Crippen LogP contribution in [0, 0.1) is 13.8 Å². The highest BCUT2D eigenvalue weighted by Gasteiger charge is 2.13. The minimum atomic E-state index is -0.836. The van der Waals surface area contributed by atoms with E-state index in [1.807, 2.05) is 68.4 Å². The Kier molecular flexibility index (Phi) is 7.21. The Bertz CT molecular complexity index is 1400. The van der Waals surface area contributed by atoms with E-state index in [0.717, 1.165) is 28.0 Å². The molecule has 4 rings (SSSR count). The summed E-state index contributed by atoms with van der Waals surface area (Å²) in [5.74, 6) is -0.883. The van der Waals surface area contributed by atoms with Gasteiger partial charge in [-0.15, -0.1) is 0 Å². The topological polar surface area (TPSA) is 79.8 Å². The van der Waals surface area contributed by atoms with Crippen molar-refractivity contribution in [1.82, 2.24) is 5.43 Å². The summed E-state index contributed by atoms with van der Waals surface area (Å²) in [6, 6.07) is 27.3. The lowest BCUT2D eigenvalue weighted by Gasteiger charge is -2.10. The van der Waals surface area contributed by atoms with Crippen LogP contribution in [0.4, 0.5) is 5.69 Å². The van der Waals surface area contributed by atoms with Crippen LogP contribution in [0.15, 0.2) is 90.0 Å². The van der Waals surface area contributed by atoms with Crippen molar-refractivity contribution in [2.24, 2.45) is 5.10 Å². The molecule has 4 aromatic carbocycles. The van der Waals surface area contributed by atoms with Gasteiger partial charge in [0.1, 0.15) is 12.4 Å². The Labute approximate surface area is 204 Å². The van der Waals surface area contributed by atoms with E-state index in [2.05, 4.69) is 40.1 Å². The predicted molar refractivity (Wildman–Crippen MR) is 140 cm³/mol. The zero-order valence-corrected chi connectivity index (χ0v) is 20.0. The van der Waals surface area contributed by atoms with Crippen molar-refractivity contribution in [3.63, 3.8) is 0 Å². The molecule has 0 aliphatic heterocycles. The largest absolute Gasteiger partial charge is 0.489 e. The Morgan fingerprint density at radius 3 is 2.34 bits per heavy atom. The number of nitrogens with zero attached hydrogens (tertiary/aromatic N) is 1. The average molecular weight is 466 g/mol. The van der Waals surface area contributed by atoms with Crippen LogP contribution in [0.3, 0.4) is 0 Å². The maximum atomic E-state index is 12.2. The number of hydrogen-bond acceptors (Lipinski definition) is 4. The van der Waals surface area contributed by atoms with Gasteiger partial charge in [0.15, 0.2) is 0 Å². The third kappa shape index (κ3) is 5.92. The molecule has 0 unspecified atom stereocenters. The van der Waals surface area contributed by atoms with Crippen molar-refractivity contribution in [3.8, 4) is 5.75 Å². The van der Waals surface area contributed by atoms with Gasteiger partial charge in [-0.2, -0.15) is 5.10 Å². The SMILES string of the molecule is CC(=NNC(=O)C(=O)Nc1ccc(C)c(C)c1)c1ccc(OCc2cccc3ccccc23)cc1. The highest BCUT2D eigenvalue weighted by molar-refractivity contribution is 6.39. The van der Waals surface area contributed by atoms with Crippen LogP contribution in [0.1, 0.15) is 29.2 Å². The first-order valence-electron chi connectivity index (χ1n) is 11.3. The lowest BCUT2D eigenvalue weighted by atomic mass is 10.1. The van der Waals surface area contributed by atoms with Crippen molar-refractivity contribution in [2.45, 2.75) is 27.4 Å². The van der Waals surface area contributed by atoms with Gasteiger partial charge in [0.2, 0.25) is 0 Å². The van der Waals surface area contributed by atoms with E-state index in [9.17, 15) is 9.59 Å².